The van der Waals surface area contributed by atoms with Crippen molar-refractivity contribution >= 4 is 33.8 Å². The van der Waals surface area contributed by atoms with Gasteiger partial charge >= 0.3 is 0 Å². The van der Waals surface area contributed by atoms with Crippen LogP contribution in [-0.2, 0) is 0 Å². The Morgan fingerprint density at radius 1 is 1.38 bits per heavy atom. The van der Waals surface area contributed by atoms with Crippen LogP contribution in [0.4, 0.5) is 5.69 Å². The number of nitrogens with one attached hydrogen (secondary N) is 2. The predicted octanol–water partition coefficient (Wildman–Crippen LogP) is 2.54. The summed E-state index contributed by atoms with van der Waals surface area (Å²) >= 11 is 5.16. The van der Waals surface area contributed by atoms with Crippen molar-refractivity contribution in [1.29, 1.82) is 0 Å². The molecular weight excluding hydrogens is 218 g/mol. The Labute approximate surface area is 99.9 Å². The highest BCUT2D eigenvalue weighted by atomic mass is 32.1. The molecule has 2 aromatic rings. The van der Waals surface area contributed by atoms with Gasteiger partial charge in [-0.3, -0.25) is 4.98 Å². The Morgan fingerprint density at radius 3 is 3.06 bits per heavy atom. The number of rotatable bonds is 2. The molecule has 0 aliphatic rings. The number of fused-ring (bicyclic) bond motifs is 1. The molecule has 82 valence electrons. The van der Waals surface area contributed by atoms with Crippen molar-refractivity contribution in [3.05, 3.63) is 36.7 Å². The number of thiocarbonyl (C=S) groups is 1. The minimum Gasteiger partial charge on any atom is -0.363 e. The Morgan fingerprint density at radius 2 is 2.25 bits per heavy atom. The Hall–Kier alpha value is -1.68. The summed E-state index contributed by atoms with van der Waals surface area (Å²) in [7, 11) is 0. The van der Waals surface area contributed by atoms with E-state index in [9.17, 15) is 0 Å². The van der Waals surface area contributed by atoms with Crippen LogP contribution in [0.2, 0.25) is 0 Å². The van der Waals surface area contributed by atoms with Gasteiger partial charge in [-0.15, -0.1) is 0 Å². The molecule has 1 heterocycles. The summed E-state index contributed by atoms with van der Waals surface area (Å²) in [6.07, 6.45) is 3.63. The maximum atomic E-state index is 5.16. The van der Waals surface area contributed by atoms with E-state index < -0.39 is 0 Å². The molecule has 0 spiro atoms. The van der Waals surface area contributed by atoms with Crippen LogP contribution in [0.25, 0.3) is 10.8 Å². The molecule has 0 unspecified atom stereocenters. The molecule has 0 fully saturated rings. The lowest BCUT2D eigenvalue weighted by molar-refractivity contribution is 0.980. The lowest BCUT2D eigenvalue weighted by atomic mass is 10.1. The Balaban J connectivity index is 2.33. The third kappa shape index (κ3) is 2.28. The molecule has 2 N–H and O–H groups in total. The molecule has 0 radical (unpaired) electrons. The zero-order valence-corrected chi connectivity index (χ0v) is 9.84. The summed E-state index contributed by atoms with van der Waals surface area (Å²) in [4.78, 5) is 4.12. The number of nitrogens with zero attached hydrogens (tertiary/aromatic N) is 1. The second-order valence-corrected chi connectivity index (χ2v) is 3.80. The average Bonchev–Trinajstić information content (AvgIpc) is 2.30. The summed E-state index contributed by atoms with van der Waals surface area (Å²) in [5.74, 6) is 0. The maximum Gasteiger partial charge on any atom is 0.170 e. The molecule has 0 saturated carbocycles. The molecule has 0 bridgehead atoms. The van der Waals surface area contributed by atoms with Crippen LogP contribution in [0, 0.1) is 0 Å². The highest BCUT2D eigenvalue weighted by molar-refractivity contribution is 7.80. The smallest absolute Gasteiger partial charge is 0.170 e. The largest absolute Gasteiger partial charge is 0.363 e. The van der Waals surface area contributed by atoms with Crippen molar-refractivity contribution in [2.75, 3.05) is 11.9 Å². The third-order valence-electron chi connectivity index (χ3n) is 2.27. The fourth-order valence-electron chi connectivity index (χ4n) is 1.55. The SMILES string of the molecule is CCNC(=S)Nc1cccc2ccncc12. The average molecular weight is 231 g/mol. The number of hydrogen-bond acceptors (Lipinski definition) is 2. The van der Waals surface area contributed by atoms with Gasteiger partial charge in [-0.25, -0.2) is 0 Å². The number of hydrogen-bond donors (Lipinski definition) is 2. The lowest BCUT2D eigenvalue weighted by Crippen LogP contribution is -2.27. The summed E-state index contributed by atoms with van der Waals surface area (Å²) in [5, 5.41) is 9.09. The van der Waals surface area contributed by atoms with Crippen LogP contribution in [0.15, 0.2) is 36.7 Å². The highest BCUT2D eigenvalue weighted by Gasteiger charge is 2.01. The molecule has 1 aromatic heterocycles. The predicted molar refractivity (Wildman–Crippen MR) is 71.6 cm³/mol. The second kappa shape index (κ2) is 4.90. The first-order valence-corrected chi connectivity index (χ1v) is 5.59. The monoisotopic (exact) mass is 231 g/mol. The quantitative estimate of drug-likeness (QED) is 0.779. The zero-order chi connectivity index (χ0) is 11.4. The van der Waals surface area contributed by atoms with Crippen molar-refractivity contribution in [1.82, 2.24) is 10.3 Å². The number of benzene rings is 1. The van der Waals surface area contributed by atoms with Gasteiger partial charge in [0.15, 0.2) is 5.11 Å². The van der Waals surface area contributed by atoms with Crippen LogP contribution in [0.1, 0.15) is 6.92 Å². The van der Waals surface area contributed by atoms with Gasteiger partial charge in [0.1, 0.15) is 0 Å². The van der Waals surface area contributed by atoms with E-state index in [1.165, 1.54) is 0 Å². The highest BCUT2D eigenvalue weighted by Crippen LogP contribution is 2.21. The molecule has 16 heavy (non-hydrogen) atoms. The summed E-state index contributed by atoms with van der Waals surface area (Å²) in [6.45, 7) is 2.83. The van der Waals surface area contributed by atoms with E-state index in [0.717, 1.165) is 23.0 Å². The van der Waals surface area contributed by atoms with E-state index in [0.29, 0.717) is 5.11 Å². The molecule has 0 saturated heterocycles. The molecule has 0 aliphatic heterocycles. The first-order valence-electron chi connectivity index (χ1n) is 5.19. The van der Waals surface area contributed by atoms with Crippen LogP contribution >= 0.6 is 12.2 Å². The summed E-state index contributed by atoms with van der Waals surface area (Å²) in [5.41, 5.74) is 0.983. The standard InChI is InChI=1S/C12H13N3S/c1-2-14-12(16)15-11-5-3-4-9-6-7-13-8-10(9)11/h3-8H,2H2,1H3,(H2,14,15,16). The minimum absolute atomic E-state index is 0.638. The van der Waals surface area contributed by atoms with Gasteiger partial charge in [0.05, 0.1) is 0 Å². The van der Waals surface area contributed by atoms with Gasteiger partial charge in [0.2, 0.25) is 0 Å². The van der Waals surface area contributed by atoms with Crippen LogP contribution in [-0.4, -0.2) is 16.6 Å². The molecule has 1 aromatic carbocycles. The number of anilines is 1. The normalized spacial score (nSPS) is 10.1. The fourth-order valence-corrected chi connectivity index (χ4v) is 1.80. The van der Waals surface area contributed by atoms with Gasteiger partial charge in [-0.05, 0) is 36.7 Å². The summed E-state index contributed by atoms with van der Waals surface area (Å²) in [6, 6.07) is 8.03. The Kier molecular flexibility index (Phi) is 3.31. The van der Waals surface area contributed by atoms with Crippen LogP contribution < -0.4 is 10.6 Å². The van der Waals surface area contributed by atoms with Crippen molar-refractivity contribution in [3.63, 3.8) is 0 Å². The lowest BCUT2D eigenvalue weighted by Gasteiger charge is -2.10. The number of aromatic nitrogens is 1. The van der Waals surface area contributed by atoms with Crippen molar-refractivity contribution in [2.24, 2.45) is 0 Å². The first-order chi connectivity index (χ1) is 7.81. The zero-order valence-electron chi connectivity index (χ0n) is 9.03. The molecule has 2 rings (SSSR count). The van der Waals surface area contributed by atoms with E-state index in [1.807, 2.05) is 31.3 Å². The van der Waals surface area contributed by atoms with Gasteiger partial charge in [0.25, 0.3) is 0 Å². The van der Waals surface area contributed by atoms with Crippen LogP contribution in [0.3, 0.4) is 0 Å². The van der Waals surface area contributed by atoms with Crippen molar-refractivity contribution in [3.8, 4) is 0 Å². The number of pyridine rings is 1. The third-order valence-corrected chi connectivity index (χ3v) is 2.52. The first kappa shape index (κ1) is 10.8. The summed E-state index contributed by atoms with van der Waals surface area (Å²) < 4.78 is 0. The van der Waals surface area contributed by atoms with Gasteiger partial charge in [0, 0.05) is 30.0 Å². The van der Waals surface area contributed by atoms with E-state index >= 15 is 0 Å². The van der Waals surface area contributed by atoms with E-state index in [-0.39, 0.29) is 0 Å². The molecule has 0 atom stereocenters. The van der Waals surface area contributed by atoms with Gasteiger partial charge < -0.3 is 10.6 Å². The van der Waals surface area contributed by atoms with Crippen molar-refractivity contribution in [2.45, 2.75) is 6.92 Å². The fraction of sp³-hybridized carbons (Fsp3) is 0.167. The van der Waals surface area contributed by atoms with E-state index in [2.05, 4.69) is 21.7 Å². The Bertz CT molecular complexity index is 505. The topological polar surface area (TPSA) is 37.0 Å². The molecule has 0 aliphatic carbocycles. The molecular formula is C12H13N3S. The minimum atomic E-state index is 0.638. The van der Waals surface area contributed by atoms with Gasteiger partial charge in [-0.2, -0.15) is 0 Å². The van der Waals surface area contributed by atoms with Crippen LogP contribution in [0.5, 0.6) is 0 Å². The maximum absolute atomic E-state index is 5.16. The van der Waals surface area contributed by atoms with E-state index in [4.69, 9.17) is 12.2 Å². The second-order valence-electron chi connectivity index (χ2n) is 3.39. The van der Waals surface area contributed by atoms with Gasteiger partial charge in [-0.1, -0.05) is 12.1 Å². The molecule has 3 nitrogen and oxygen atoms in total. The van der Waals surface area contributed by atoms with Crippen molar-refractivity contribution < 1.29 is 0 Å². The molecule has 0 amide bonds. The van der Waals surface area contributed by atoms with E-state index in [1.54, 1.807) is 6.20 Å². The molecule has 4 heteroatoms.